The second kappa shape index (κ2) is 9.32. The molecule has 146 valence electrons. The van der Waals surface area contributed by atoms with Crippen molar-refractivity contribution in [2.24, 2.45) is 0 Å². The van der Waals surface area contributed by atoms with Gasteiger partial charge in [0.2, 0.25) is 5.91 Å². The first-order valence-electron chi connectivity index (χ1n) is 8.95. The van der Waals surface area contributed by atoms with Crippen LogP contribution in [0.5, 0.6) is 11.5 Å². The minimum atomic E-state index is -0.638. The predicted octanol–water partition coefficient (Wildman–Crippen LogP) is 2.49. The molecule has 0 spiro atoms. The molecule has 1 unspecified atom stereocenters. The number of aromatic hydroxyl groups is 2. The van der Waals surface area contributed by atoms with Crippen LogP contribution in [-0.4, -0.2) is 57.6 Å². The first-order valence-corrected chi connectivity index (χ1v) is 10.1. The lowest BCUT2D eigenvalue weighted by atomic mass is 10.1. The molecule has 1 aliphatic heterocycles. The zero-order valence-corrected chi connectivity index (χ0v) is 16.1. The van der Waals surface area contributed by atoms with Gasteiger partial charge in [0.05, 0.1) is 0 Å². The van der Waals surface area contributed by atoms with Crippen LogP contribution in [0.1, 0.15) is 15.9 Å². The lowest BCUT2D eigenvalue weighted by molar-refractivity contribution is -0.131. The molecule has 1 atom stereocenters. The smallest absolute Gasteiger partial charge is 0.252 e. The van der Waals surface area contributed by atoms with Crippen molar-refractivity contribution in [3.05, 3.63) is 65.7 Å². The Labute approximate surface area is 167 Å². The molecule has 2 amide bonds. The van der Waals surface area contributed by atoms with Gasteiger partial charge in [-0.3, -0.25) is 9.59 Å². The molecule has 1 fully saturated rings. The number of hydrogen-bond donors (Lipinski definition) is 3. The molecule has 0 aliphatic carbocycles. The molecule has 0 aromatic heterocycles. The van der Waals surface area contributed by atoms with Crippen molar-refractivity contribution in [2.45, 2.75) is 6.04 Å². The zero-order chi connectivity index (χ0) is 19.9. The summed E-state index contributed by atoms with van der Waals surface area (Å²) in [6.07, 6.45) is 3.91. The quantitative estimate of drug-likeness (QED) is 0.674. The molecule has 0 radical (unpaired) electrons. The van der Waals surface area contributed by atoms with Crippen LogP contribution in [-0.2, 0) is 4.79 Å². The van der Waals surface area contributed by atoms with E-state index in [1.807, 2.05) is 42.5 Å². The van der Waals surface area contributed by atoms with Crippen LogP contribution in [0.15, 0.2) is 54.6 Å². The van der Waals surface area contributed by atoms with E-state index in [0.29, 0.717) is 18.8 Å². The molecule has 0 bridgehead atoms. The van der Waals surface area contributed by atoms with Crippen LogP contribution in [0.25, 0.3) is 6.08 Å². The molecule has 6 nitrogen and oxygen atoms in total. The van der Waals surface area contributed by atoms with E-state index in [2.05, 4.69) is 5.32 Å². The molecule has 0 saturated carbocycles. The number of carbonyl (C=O) groups is 2. The summed E-state index contributed by atoms with van der Waals surface area (Å²) in [5.41, 5.74) is 1.25. The summed E-state index contributed by atoms with van der Waals surface area (Å²) >= 11 is 1.61. The summed E-state index contributed by atoms with van der Waals surface area (Å²) in [5, 5.41) is 21.7. The highest BCUT2D eigenvalue weighted by Crippen LogP contribution is 2.25. The Bertz CT molecular complexity index is 870. The van der Waals surface area contributed by atoms with Crippen LogP contribution < -0.4 is 5.32 Å². The highest BCUT2D eigenvalue weighted by molar-refractivity contribution is 7.99. The number of benzene rings is 2. The maximum Gasteiger partial charge on any atom is 0.252 e. The lowest BCUT2D eigenvalue weighted by Crippen LogP contribution is -2.49. The fourth-order valence-electron chi connectivity index (χ4n) is 2.85. The van der Waals surface area contributed by atoms with E-state index in [9.17, 15) is 19.8 Å². The maximum atomic E-state index is 12.9. The second-order valence-electron chi connectivity index (χ2n) is 6.40. The van der Waals surface area contributed by atoms with Crippen LogP contribution in [0.2, 0.25) is 0 Å². The van der Waals surface area contributed by atoms with Crippen LogP contribution in [0.3, 0.4) is 0 Å². The van der Waals surface area contributed by atoms with E-state index >= 15 is 0 Å². The molecule has 1 aliphatic rings. The number of hydrogen-bond acceptors (Lipinski definition) is 5. The average molecular weight is 398 g/mol. The zero-order valence-electron chi connectivity index (χ0n) is 15.2. The first-order chi connectivity index (χ1) is 13.5. The minimum Gasteiger partial charge on any atom is -0.504 e. The average Bonchev–Trinajstić information content (AvgIpc) is 2.87. The summed E-state index contributed by atoms with van der Waals surface area (Å²) in [5.74, 6) is 0.0380. The van der Waals surface area contributed by atoms with Crippen molar-refractivity contribution in [1.29, 1.82) is 0 Å². The third-order valence-corrected chi connectivity index (χ3v) is 5.42. The van der Waals surface area contributed by atoms with Gasteiger partial charge in [-0.15, -0.1) is 0 Å². The van der Waals surface area contributed by atoms with Crippen molar-refractivity contribution in [2.75, 3.05) is 24.6 Å². The molecule has 28 heavy (non-hydrogen) atoms. The van der Waals surface area contributed by atoms with Gasteiger partial charge in [-0.2, -0.15) is 11.8 Å². The molecular weight excluding hydrogens is 376 g/mol. The molecule has 3 N–H and O–H groups in total. The van der Waals surface area contributed by atoms with E-state index < -0.39 is 11.9 Å². The fraction of sp³-hybridized carbons (Fsp3) is 0.238. The summed E-state index contributed by atoms with van der Waals surface area (Å²) < 4.78 is 0. The number of nitrogens with zero attached hydrogens (tertiary/aromatic N) is 1. The predicted molar refractivity (Wildman–Crippen MR) is 110 cm³/mol. The number of phenolic OH excluding ortho intramolecular Hbond substituents is 2. The van der Waals surface area contributed by atoms with E-state index in [4.69, 9.17) is 0 Å². The third-order valence-electron chi connectivity index (χ3n) is 4.38. The number of phenols is 2. The van der Waals surface area contributed by atoms with Gasteiger partial charge in [0.15, 0.2) is 11.5 Å². The monoisotopic (exact) mass is 398 g/mol. The number of nitrogens with one attached hydrogen (secondary N) is 1. The summed E-state index contributed by atoms with van der Waals surface area (Å²) in [4.78, 5) is 27.0. The third kappa shape index (κ3) is 5.07. The number of thioether (sulfide) groups is 1. The van der Waals surface area contributed by atoms with Gasteiger partial charge >= 0.3 is 0 Å². The van der Waals surface area contributed by atoms with Gasteiger partial charge in [-0.25, -0.2) is 0 Å². The van der Waals surface area contributed by atoms with Crippen molar-refractivity contribution >= 4 is 29.7 Å². The Kier molecular flexibility index (Phi) is 6.60. The standard InChI is InChI=1S/C21H22N2O4S/c24-18-9-8-16(13-19(18)25)20(26)22-17-14-28-12-11-23(21(17)27)10-4-7-15-5-2-1-3-6-15/h1-9,13,17,24-25H,10-12,14H2,(H,22,26). The topological polar surface area (TPSA) is 89.9 Å². The second-order valence-corrected chi connectivity index (χ2v) is 7.55. The number of amides is 2. The highest BCUT2D eigenvalue weighted by Gasteiger charge is 2.28. The van der Waals surface area contributed by atoms with E-state index in [0.717, 1.165) is 11.3 Å². The number of carbonyl (C=O) groups excluding carboxylic acids is 2. The normalized spacial score (nSPS) is 17.5. The molecule has 1 saturated heterocycles. The summed E-state index contributed by atoms with van der Waals surface area (Å²) in [6.45, 7) is 1.09. The Balaban J connectivity index is 1.64. The molecule has 2 aromatic carbocycles. The lowest BCUT2D eigenvalue weighted by Gasteiger charge is -2.23. The Morgan fingerprint density at radius 3 is 2.71 bits per heavy atom. The summed E-state index contributed by atoms with van der Waals surface area (Å²) in [6, 6.07) is 13.0. The van der Waals surface area contributed by atoms with Gasteiger partial charge in [-0.05, 0) is 23.8 Å². The molecule has 7 heteroatoms. The van der Waals surface area contributed by atoms with Crippen molar-refractivity contribution in [1.82, 2.24) is 10.2 Å². The minimum absolute atomic E-state index is 0.126. The Hall–Kier alpha value is -2.93. The van der Waals surface area contributed by atoms with Crippen LogP contribution in [0.4, 0.5) is 0 Å². The first kappa shape index (κ1) is 19.8. The van der Waals surface area contributed by atoms with Gasteiger partial charge in [0, 0.05) is 30.2 Å². The van der Waals surface area contributed by atoms with Crippen LogP contribution >= 0.6 is 11.8 Å². The maximum absolute atomic E-state index is 12.9. The van der Waals surface area contributed by atoms with Crippen molar-refractivity contribution in [3.8, 4) is 11.5 Å². The van der Waals surface area contributed by atoms with Crippen molar-refractivity contribution in [3.63, 3.8) is 0 Å². The van der Waals surface area contributed by atoms with Gasteiger partial charge in [0.1, 0.15) is 6.04 Å². The van der Waals surface area contributed by atoms with Crippen molar-refractivity contribution < 1.29 is 19.8 Å². The molecule has 2 aromatic rings. The van der Waals surface area contributed by atoms with Crippen LogP contribution in [0, 0.1) is 0 Å². The molecule has 3 rings (SSSR count). The Morgan fingerprint density at radius 2 is 1.96 bits per heavy atom. The highest BCUT2D eigenvalue weighted by atomic mass is 32.2. The largest absolute Gasteiger partial charge is 0.504 e. The molecule has 1 heterocycles. The number of rotatable bonds is 5. The van der Waals surface area contributed by atoms with E-state index in [1.54, 1.807) is 16.7 Å². The van der Waals surface area contributed by atoms with E-state index in [-0.39, 0.29) is 23.0 Å². The summed E-state index contributed by atoms with van der Waals surface area (Å²) in [7, 11) is 0. The molecular formula is C21H22N2O4S. The van der Waals surface area contributed by atoms with Gasteiger partial charge in [-0.1, -0.05) is 42.5 Å². The SMILES string of the molecule is O=C(NC1CSCCN(CC=Cc2ccccc2)C1=O)c1ccc(O)c(O)c1. The van der Waals surface area contributed by atoms with E-state index in [1.165, 1.54) is 18.2 Å². The van der Waals surface area contributed by atoms with Gasteiger partial charge < -0.3 is 20.4 Å². The van der Waals surface area contributed by atoms with Gasteiger partial charge in [0.25, 0.3) is 5.91 Å². The Morgan fingerprint density at radius 1 is 1.18 bits per heavy atom. The fourth-order valence-corrected chi connectivity index (χ4v) is 3.83.